The molecule has 1 atom stereocenters. The number of rotatable bonds is 6. The van der Waals surface area contributed by atoms with Crippen molar-refractivity contribution in [2.75, 3.05) is 4.90 Å². The summed E-state index contributed by atoms with van der Waals surface area (Å²) < 4.78 is 2.42. The van der Waals surface area contributed by atoms with Gasteiger partial charge in [-0.15, -0.1) is 0 Å². The Kier molecular flexibility index (Phi) is 10.4. The lowest BCUT2D eigenvalue weighted by Gasteiger charge is -2.38. The molecule has 12 aromatic carbocycles. The molecule has 0 fully saturated rings. The number of benzene rings is 12. The summed E-state index contributed by atoms with van der Waals surface area (Å²) >= 11 is 0. The van der Waals surface area contributed by atoms with E-state index >= 15 is 0 Å². The number of hydrogen-bond acceptors (Lipinski definition) is 1. The number of nitrogens with zero attached hydrogens (tertiary/aromatic N) is 2. The molecule has 388 valence electrons. The molecule has 17 rings (SSSR count). The molecule has 1 aromatic heterocycles. The van der Waals surface area contributed by atoms with Crippen molar-refractivity contribution >= 4 is 38.9 Å². The lowest BCUT2D eigenvalue weighted by Crippen LogP contribution is -2.30. The Hall–Kier alpha value is -10.5. The zero-order chi connectivity index (χ0) is 54.8. The van der Waals surface area contributed by atoms with E-state index in [1.54, 1.807) is 0 Å². The van der Waals surface area contributed by atoms with Crippen molar-refractivity contribution in [3.63, 3.8) is 0 Å². The first-order valence-electron chi connectivity index (χ1n) is 29.0. The van der Waals surface area contributed by atoms with Crippen LogP contribution in [0.4, 0.5) is 17.1 Å². The Morgan fingerprint density at radius 1 is 0.361 bits per heavy atom. The van der Waals surface area contributed by atoms with Crippen LogP contribution in [0.15, 0.2) is 316 Å². The molecule has 0 amide bonds. The largest absolute Gasteiger partial charge is 0.310 e. The van der Waals surface area contributed by atoms with E-state index in [1.807, 2.05) is 0 Å². The summed E-state index contributed by atoms with van der Waals surface area (Å²) in [6.07, 6.45) is 9.74. The fourth-order valence-corrected chi connectivity index (χ4v) is 15.4. The SMILES string of the molecule is C=C1/C=C\C=C/Cc2ccccc2C12c1cc(-c3cccc4c3c3ccccc3n4-c3ccccc3)ccc1-c1ccc(N(c3ccc(-c4ccccc4)cc3)c3cccc4c3C3(c5ccccc5-c5ccccc53)c3ccccc3-4)cc12. The highest BCUT2D eigenvalue weighted by Gasteiger charge is 2.54. The molecule has 0 saturated carbocycles. The molecule has 0 aliphatic heterocycles. The monoisotopic (exact) mass is 1050 g/mol. The highest BCUT2D eigenvalue weighted by Crippen LogP contribution is 2.66. The second-order valence-corrected chi connectivity index (χ2v) is 22.6. The topological polar surface area (TPSA) is 8.17 Å². The van der Waals surface area contributed by atoms with Gasteiger partial charge in [0.1, 0.15) is 0 Å². The van der Waals surface area contributed by atoms with Crippen LogP contribution in [0, 0.1) is 0 Å². The van der Waals surface area contributed by atoms with Gasteiger partial charge in [0.15, 0.2) is 0 Å². The zero-order valence-electron chi connectivity index (χ0n) is 45.7. The van der Waals surface area contributed by atoms with E-state index in [1.165, 1.54) is 122 Å². The molecule has 4 aliphatic carbocycles. The zero-order valence-corrected chi connectivity index (χ0v) is 45.7. The van der Waals surface area contributed by atoms with Crippen molar-refractivity contribution in [2.45, 2.75) is 17.3 Å². The van der Waals surface area contributed by atoms with Crippen LogP contribution >= 0.6 is 0 Å². The van der Waals surface area contributed by atoms with Crippen molar-refractivity contribution in [2.24, 2.45) is 0 Å². The van der Waals surface area contributed by atoms with Gasteiger partial charge in [0, 0.05) is 33.4 Å². The summed E-state index contributed by atoms with van der Waals surface area (Å²) in [5.74, 6) is 0. The average Bonchev–Trinajstić information content (AvgIpc) is 1.86. The van der Waals surface area contributed by atoms with E-state index in [4.69, 9.17) is 6.58 Å². The number of allylic oxidation sites excluding steroid dienone is 5. The molecular weight excluding hydrogens is 1000 g/mol. The Morgan fingerprint density at radius 2 is 0.892 bits per heavy atom. The van der Waals surface area contributed by atoms with Crippen LogP contribution in [0.2, 0.25) is 0 Å². The van der Waals surface area contributed by atoms with Gasteiger partial charge in [0.2, 0.25) is 0 Å². The Balaban J connectivity index is 0.936. The summed E-state index contributed by atoms with van der Waals surface area (Å²) in [5, 5.41) is 2.48. The third kappa shape index (κ3) is 6.61. The highest BCUT2D eigenvalue weighted by atomic mass is 15.1. The van der Waals surface area contributed by atoms with Gasteiger partial charge in [-0.1, -0.05) is 249 Å². The minimum atomic E-state index is -0.774. The van der Waals surface area contributed by atoms with Crippen molar-refractivity contribution < 1.29 is 0 Å². The second kappa shape index (κ2) is 18.2. The average molecular weight is 1060 g/mol. The molecule has 13 aromatic rings. The van der Waals surface area contributed by atoms with Crippen LogP contribution in [-0.4, -0.2) is 4.57 Å². The van der Waals surface area contributed by atoms with Gasteiger partial charge in [-0.2, -0.15) is 0 Å². The fraction of sp³-hybridized carbons (Fsp3) is 0.0370. The molecule has 2 nitrogen and oxygen atoms in total. The van der Waals surface area contributed by atoms with Gasteiger partial charge in [-0.05, 0) is 167 Å². The second-order valence-electron chi connectivity index (χ2n) is 22.6. The van der Waals surface area contributed by atoms with Gasteiger partial charge < -0.3 is 9.47 Å². The maximum atomic E-state index is 5.17. The van der Waals surface area contributed by atoms with Crippen LogP contribution in [-0.2, 0) is 17.3 Å². The summed E-state index contributed by atoms with van der Waals surface area (Å²) in [6, 6.07) is 105. The first-order valence-corrected chi connectivity index (χ1v) is 29.0. The number of anilines is 3. The van der Waals surface area contributed by atoms with E-state index < -0.39 is 10.8 Å². The summed E-state index contributed by atoms with van der Waals surface area (Å²) in [5.41, 5.74) is 29.0. The van der Waals surface area contributed by atoms with Gasteiger partial charge in [0.25, 0.3) is 0 Å². The minimum Gasteiger partial charge on any atom is -0.310 e. The summed E-state index contributed by atoms with van der Waals surface area (Å²) in [7, 11) is 0. The molecule has 2 spiro atoms. The number of hydrogen-bond donors (Lipinski definition) is 0. The van der Waals surface area contributed by atoms with Crippen LogP contribution in [0.5, 0.6) is 0 Å². The maximum absolute atomic E-state index is 5.17. The predicted octanol–water partition coefficient (Wildman–Crippen LogP) is 20.5. The Morgan fingerprint density at radius 3 is 1.64 bits per heavy atom. The number of para-hydroxylation sites is 2. The van der Waals surface area contributed by atoms with E-state index in [0.717, 1.165) is 34.7 Å². The molecule has 0 N–H and O–H groups in total. The summed E-state index contributed by atoms with van der Waals surface area (Å²) in [6.45, 7) is 5.17. The van der Waals surface area contributed by atoms with E-state index in [-0.39, 0.29) is 0 Å². The van der Waals surface area contributed by atoms with Crippen LogP contribution in [0.1, 0.15) is 44.5 Å². The molecule has 1 heterocycles. The smallest absolute Gasteiger partial charge is 0.0746 e. The van der Waals surface area contributed by atoms with Gasteiger partial charge in [-0.25, -0.2) is 0 Å². The predicted molar refractivity (Wildman–Crippen MR) is 346 cm³/mol. The third-order valence-electron chi connectivity index (χ3n) is 18.7. The van der Waals surface area contributed by atoms with Crippen LogP contribution < -0.4 is 4.90 Å². The number of aromatic nitrogens is 1. The lowest BCUT2D eigenvalue weighted by molar-refractivity contribution is 0.760. The number of fused-ring (bicyclic) bond motifs is 20. The first kappa shape index (κ1) is 47.3. The van der Waals surface area contributed by atoms with Gasteiger partial charge in [0.05, 0.1) is 27.6 Å². The fourth-order valence-electron chi connectivity index (χ4n) is 15.4. The van der Waals surface area contributed by atoms with Crippen LogP contribution in [0.25, 0.3) is 83.1 Å². The molecule has 1 unspecified atom stereocenters. The Labute approximate surface area is 484 Å². The molecule has 0 radical (unpaired) electrons. The normalized spacial score (nSPS) is 16.3. The molecule has 0 bridgehead atoms. The van der Waals surface area contributed by atoms with Gasteiger partial charge in [-0.3, -0.25) is 0 Å². The summed E-state index contributed by atoms with van der Waals surface area (Å²) in [4.78, 5) is 2.57. The first-order chi connectivity index (χ1) is 41.1. The molecule has 2 heteroatoms. The molecule has 0 saturated heterocycles. The Bertz CT molecular complexity index is 4830. The van der Waals surface area contributed by atoms with Crippen molar-refractivity contribution in [1.82, 2.24) is 4.57 Å². The van der Waals surface area contributed by atoms with Crippen molar-refractivity contribution in [3.05, 3.63) is 360 Å². The molecule has 83 heavy (non-hydrogen) atoms. The van der Waals surface area contributed by atoms with Crippen LogP contribution in [0.3, 0.4) is 0 Å². The quantitative estimate of drug-likeness (QED) is 0.161. The molecule has 4 aliphatic rings. The van der Waals surface area contributed by atoms with E-state index in [0.29, 0.717) is 0 Å². The minimum absolute atomic E-state index is 0.582. The standard InChI is InChI=1S/C81H54N2/c1-53-23-5-2-8-26-56-27-11-16-36-69(56)80(53)73-51-57(61-34-21-41-76-78(61)68-33-15-20-40-75(68)83(76)58-28-9-4-10-29-58)45-49-65(73)66-50-48-60(52-74(66)80)82(59-46-43-55(44-47-59)54-24-6-3-7-25-54)77-42-22-35-67-64-32-14-19-39-72(64)81(79(67)77)70-37-17-12-30-62(70)63-31-13-18-38-71(63)81/h2-25,27-52H,1,26H2/b8-2-,23-5-. The highest BCUT2D eigenvalue weighted by molar-refractivity contribution is 6.16. The van der Waals surface area contributed by atoms with Crippen molar-refractivity contribution in [1.29, 1.82) is 0 Å². The third-order valence-corrected chi connectivity index (χ3v) is 18.7. The van der Waals surface area contributed by atoms with Gasteiger partial charge >= 0.3 is 0 Å². The van der Waals surface area contributed by atoms with Crippen molar-refractivity contribution in [3.8, 4) is 61.3 Å². The maximum Gasteiger partial charge on any atom is 0.0746 e. The van der Waals surface area contributed by atoms with E-state index in [2.05, 4.69) is 313 Å². The lowest BCUT2D eigenvalue weighted by atomic mass is 9.65. The van der Waals surface area contributed by atoms with E-state index in [9.17, 15) is 0 Å². The molecular formula is C81H54N2.